The van der Waals surface area contributed by atoms with Crippen molar-refractivity contribution in [3.05, 3.63) is 94.8 Å². The number of nitrogens with one attached hydrogen (secondary N) is 1. The van der Waals surface area contributed by atoms with Crippen LogP contribution in [0.1, 0.15) is 36.6 Å². The SMILES string of the molecule is Cc1ccc(F)c(C(=O)Nc2cccc(N3C(=O)c4ccccc4C3=O)c2)c1. The van der Waals surface area contributed by atoms with Gasteiger partial charge in [0, 0.05) is 5.69 Å². The summed E-state index contributed by atoms with van der Waals surface area (Å²) in [6.07, 6.45) is 0. The van der Waals surface area contributed by atoms with Crippen molar-refractivity contribution in [1.29, 1.82) is 0 Å². The molecule has 0 atom stereocenters. The van der Waals surface area contributed by atoms with Gasteiger partial charge in [0.05, 0.1) is 22.4 Å². The van der Waals surface area contributed by atoms with Gasteiger partial charge in [0.2, 0.25) is 0 Å². The monoisotopic (exact) mass is 374 g/mol. The second kappa shape index (κ2) is 6.74. The highest BCUT2D eigenvalue weighted by Crippen LogP contribution is 2.29. The van der Waals surface area contributed by atoms with Crippen molar-refractivity contribution < 1.29 is 18.8 Å². The number of halogens is 1. The zero-order valence-electron chi connectivity index (χ0n) is 14.9. The first-order chi connectivity index (χ1) is 13.5. The van der Waals surface area contributed by atoms with Crippen molar-refractivity contribution in [2.75, 3.05) is 10.2 Å². The van der Waals surface area contributed by atoms with E-state index in [1.54, 1.807) is 55.5 Å². The number of aryl methyl sites for hydroxylation is 1. The van der Waals surface area contributed by atoms with E-state index in [4.69, 9.17) is 0 Å². The van der Waals surface area contributed by atoms with E-state index in [1.807, 2.05) is 0 Å². The van der Waals surface area contributed by atoms with Crippen LogP contribution in [0, 0.1) is 12.7 Å². The molecule has 1 aliphatic heterocycles. The molecule has 0 bridgehead atoms. The van der Waals surface area contributed by atoms with Gasteiger partial charge >= 0.3 is 0 Å². The Balaban J connectivity index is 1.63. The third-order valence-electron chi connectivity index (χ3n) is 4.52. The average molecular weight is 374 g/mol. The fourth-order valence-corrected chi connectivity index (χ4v) is 3.16. The lowest BCUT2D eigenvalue weighted by Gasteiger charge is -2.15. The van der Waals surface area contributed by atoms with Crippen LogP contribution in [0.3, 0.4) is 0 Å². The molecule has 0 spiro atoms. The minimum Gasteiger partial charge on any atom is -0.322 e. The zero-order valence-corrected chi connectivity index (χ0v) is 14.9. The van der Waals surface area contributed by atoms with Gasteiger partial charge in [0.1, 0.15) is 5.82 Å². The van der Waals surface area contributed by atoms with Gasteiger partial charge in [-0.25, -0.2) is 9.29 Å². The molecule has 3 aromatic carbocycles. The molecule has 1 aliphatic rings. The van der Waals surface area contributed by atoms with E-state index in [1.165, 1.54) is 18.2 Å². The second-order valence-electron chi connectivity index (χ2n) is 6.48. The van der Waals surface area contributed by atoms with Crippen LogP contribution in [-0.4, -0.2) is 17.7 Å². The van der Waals surface area contributed by atoms with Crippen molar-refractivity contribution in [1.82, 2.24) is 0 Å². The van der Waals surface area contributed by atoms with Crippen LogP contribution in [-0.2, 0) is 0 Å². The molecule has 6 heteroatoms. The van der Waals surface area contributed by atoms with E-state index in [2.05, 4.69) is 5.32 Å². The van der Waals surface area contributed by atoms with Crippen molar-refractivity contribution in [3.8, 4) is 0 Å². The Morgan fingerprint density at radius 2 is 1.57 bits per heavy atom. The quantitative estimate of drug-likeness (QED) is 0.699. The normalized spacial score (nSPS) is 12.9. The number of imide groups is 1. The molecule has 1 heterocycles. The van der Waals surface area contributed by atoms with Gasteiger partial charge in [-0.05, 0) is 49.4 Å². The Morgan fingerprint density at radius 1 is 0.893 bits per heavy atom. The summed E-state index contributed by atoms with van der Waals surface area (Å²) in [7, 11) is 0. The number of carbonyl (C=O) groups is 3. The van der Waals surface area contributed by atoms with Crippen LogP contribution in [0.2, 0.25) is 0 Å². The molecular weight excluding hydrogens is 359 g/mol. The van der Waals surface area contributed by atoms with E-state index >= 15 is 0 Å². The summed E-state index contributed by atoms with van der Waals surface area (Å²) >= 11 is 0. The van der Waals surface area contributed by atoms with Gasteiger partial charge in [-0.1, -0.05) is 29.8 Å². The topological polar surface area (TPSA) is 66.5 Å². The smallest absolute Gasteiger partial charge is 0.266 e. The molecule has 0 aromatic heterocycles. The largest absolute Gasteiger partial charge is 0.322 e. The minimum absolute atomic E-state index is 0.0777. The average Bonchev–Trinajstić information content (AvgIpc) is 2.95. The maximum atomic E-state index is 13.9. The molecule has 0 fully saturated rings. The van der Waals surface area contributed by atoms with E-state index in [0.717, 1.165) is 10.5 Å². The summed E-state index contributed by atoms with van der Waals surface area (Å²) in [6, 6.07) is 17.2. The summed E-state index contributed by atoms with van der Waals surface area (Å²) in [5.74, 6) is -2.08. The number of benzene rings is 3. The maximum absolute atomic E-state index is 13.9. The predicted molar refractivity (Wildman–Crippen MR) is 103 cm³/mol. The molecule has 0 saturated carbocycles. The van der Waals surface area contributed by atoms with E-state index in [9.17, 15) is 18.8 Å². The third-order valence-corrected chi connectivity index (χ3v) is 4.52. The van der Waals surface area contributed by atoms with Gasteiger partial charge < -0.3 is 5.32 Å². The molecule has 0 saturated heterocycles. The van der Waals surface area contributed by atoms with Crippen LogP contribution in [0.4, 0.5) is 15.8 Å². The van der Waals surface area contributed by atoms with Crippen molar-refractivity contribution in [2.45, 2.75) is 6.92 Å². The van der Waals surface area contributed by atoms with E-state index in [0.29, 0.717) is 22.5 Å². The molecule has 138 valence electrons. The number of hydrogen-bond acceptors (Lipinski definition) is 3. The summed E-state index contributed by atoms with van der Waals surface area (Å²) < 4.78 is 13.9. The molecular formula is C22H15FN2O3. The highest BCUT2D eigenvalue weighted by atomic mass is 19.1. The molecule has 4 rings (SSSR count). The van der Waals surface area contributed by atoms with Crippen LogP contribution in [0.25, 0.3) is 0 Å². The van der Waals surface area contributed by atoms with E-state index in [-0.39, 0.29) is 5.56 Å². The van der Waals surface area contributed by atoms with Crippen LogP contribution >= 0.6 is 0 Å². The Labute approximate surface area is 160 Å². The third kappa shape index (κ3) is 2.95. The van der Waals surface area contributed by atoms with Gasteiger partial charge in [-0.2, -0.15) is 0 Å². The van der Waals surface area contributed by atoms with Crippen molar-refractivity contribution >= 4 is 29.1 Å². The first-order valence-corrected chi connectivity index (χ1v) is 8.61. The number of amides is 3. The summed E-state index contributed by atoms with van der Waals surface area (Å²) in [4.78, 5) is 38.7. The highest BCUT2D eigenvalue weighted by molar-refractivity contribution is 6.34. The number of nitrogens with zero attached hydrogens (tertiary/aromatic N) is 1. The number of carbonyl (C=O) groups excluding carboxylic acids is 3. The Morgan fingerprint density at radius 3 is 2.25 bits per heavy atom. The van der Waals surface area contributed by atoms with Crippen molar-refractivity contribution in [3.63, 3.8) is 0 Å². The molecule has 0 radical (unpaired) electrons. The minimum atomic E-state index is -0.625. The lowest BCUT2D eigenvalue weighted by atomic mass is 10.1. The van der Waals surface area contributed by atoms with Gasteiger partial charge in [-0.3, -0.25) is 14.4 Å². The zero-order chi connectivity index (χ0) is 19.8. The molecule has 3 aromatic rings. The summed E-state index contributed by atoms with van der Waals surface area (Å²) in [5, 5.41) is 2.61. The van der Waals surface area contributed by atoms with Crippen molar-refractivity contribution in [2.24, 2.45) is 0 Å². The first kappa shape index (κ1) is 17.6. The lowest BCUT2D eigenvalue weighted by molar-refractivity contribution is 0.0925. The van der Waals surface area contributed by atoms with Crippen LogP contribution in [0.15, 0.2) is 66.7 Å². The fraction of sp³-hybridized carbons (Fsp3) is 0.0455. The number of hydrogen-bond donors (Lipinski definition) is 1. The Hall–Kier alpha value is -3.80. The summed E-state index contributed by atoms with van der Waals surface area (Å²) in [5.41, 5.74) is 2.03. The molecule has 0 aliphatic carbocycles. The van der Waals surface area contributed by atoms with Crippen LogP contribution in [0.5, 0.6) is 0 Å². The second-order valence-corrected chi connectivity index (χ2v) is 6.48. The molecule has 5 nitrogen and oxygen atoms in total. The van der Waals surface area contributed by atoms with E-state index < -0.39 is 23.5 Å². The Bertz CT molecular complexity index is 1110. The van der Waals surface area contributed by atoms with Gasteiger partial charge in [0.25, 0.3) is 17.7 Å². The first-order valence-electron chi connectivity index (χ1n) is 8.61. The molecule has 0 unspecified atom stereocenters. The summed E-state index contributed by atoms with van der Waals surface area (Å²) in [6.45, 7) is 1.76. The Kier molecular flexibility index (Phi) is 4.24. The lowest BCUT2D eigenvalue weighted by Crippen LogP contribution is -2.29. The molecule has 3 amide bonds. The van der Waals surface area contributed by atoms with Gasteiger partial charge in [-0.15, -0.1) is 0 Å². The number of fused-ring (bicyclic) bond motifs is 1. The van der Waals surface area contributed by atoms with Gasteiger partial charge in [0.15, 0.2) is 0 Å². The molecule has 1 N–H and O–H groups in total. The fourth-order valence-electron chi connectivity index (χ4n) is 3.16. The maximum Gasteiger partial charge on any atom is 0.266 e. The number of anilines is 2. The standard InChI is InChI=1S/C22H15FN2O3/c1-13-9-10-19(23)18(11-13)20(26)24-14-5-4-6-15(12-14)25-21(27)16-7-2-3-8-17(16)22(25)28/h2-12H,1H3,(H,24,26). The predicted octanol–water partition coefficient (Wildman–Crippen LogP) is 4.19. The molecule has 28 heavy (non-hydrogen) atoms. The highest BCUT2D eigenvalue weighted by Gasteiger charge is 2.36. The van der Waals surface area contributed by atoms with Crippen LogP contribution < -0.4 is 10.2 Å². The number of rotatable bonds is 3.